The average Bonchev–Trinajstić information content (AvgIpc) is 2.61. The number of carbonyl (C=O) groups is 2. The van der Waals surface area contributed by atoms with Crippen molar-refractivity contribution in [2.45, 2.75) is 19.8 Å². The van der Waals surface area contributed by atoms with Crippen LogP contribution < -0.4 is 9.47 Å². The van der Waals surface area contributed by atoms with Crippen LogP contribution in [0.3, 0.4) is 0 Å². The van der Waals surface area contributed by atoms with E-state index in [1.165, 1.54) is 0 Å². The molecular formula is C18H25NO5. The van der Waals surface area contributed by atoms with Gasteiger partial charge in [0, 0.05) is 11.5 Å². The molecule has 1 aliphatic heterocycles. The van der Waals surface area contributed by atoms with Crippen molar-refractivity contribution in [3.8, 4) is 11.5 Å². The Morgan fingerprint density at radius 3 is 2.38 bits per heavy atom. The zero-order valence-electron chi connectivity index (χ0n) is 14.5. The molecule has 0 aromatic heterocycles. The Balaban J connectivity index is 1.94. The van der Waals surface area contributed by atoms with Gasteiger partial charge in [0.25, 0.3) is 0 Å². The number of hydrogen-bond donors (Lipinski definition) is 0. The van der Waals surface area contributed by atoms with E-state index in [1.807, 2.05) is 4.90 Å². The smallest absolute Gasteiger partial charge is 0.320 e. The van der Waals surface area contributed by atoms with Crippen LogP contribution in [0.2, 0.25) is 0 Å². The summed E-state index contributed by atoms with van der Waals surface area (Å²) in [6.45, 7) is 3.94. The topological polar surface area (TPSA) is 65.1 Å². The quantitative estimate of drug-likeness (QED) is 0.562. The summed E-state index contributed by atoms with van der Waals surface area (Å²) in [4.78, 5) is 26.3. The Hall–Kier alpha value is -2.08. The maximum atomic E-state index is 12.7. The van der Waals surface area contributed by atoms with Gasteiger partial charge in [-0.25, -0.2) is 0 Å². The second-order valence-electron chi connectivity index (χ2n) is 5.79. The van der Waals surface area contributed by atoms with E-state index in [0.717, 1.165) is 25.9 Å². The van der Waals surface area contributed by atoms with Crippen LogP contribution in [0.1, 0.15) is 30.1 Å². The van der Waals surface area contributed by atoms with Gasteiger partial charge in [-0.05, 0) is 51.1 Å². The van der Waals surface area contributed by atoms with Crippen LogP contribution in [0.15, 0.2) is 18.2 Å². The number of rotatable bonds is 7. The number of methoxy groups -OCH3 is 2. The zero-order valence-corrected chi connectivity index (χ0v) is 14.5. The maximum Gasteiger partial charge on any atom is 0.320 e. The Labute approximate surface area is 142 Å². The van der Waals surface area contributed by atoms with Crippen LogP contribution in [0.25, 0.3) is 0 Å². The van der Waals surface area contributed by atoms with E-state index >= 15 is 0 Å². The van der Waals surface area contributed by atoms with Crippen molar-refractivity contribution in [2.24, 2.45) is 5.92 Å². The lowest BCUT2D eigenvalue weighted by atomic mass is 9.89. The van der Waals surface area contributed by atoms with Gasteiger partial charge in [0.15, 0.2) is 17.3 Å². The van der Waals surface area contributed by atoms with Crippen molar-refractivity contribution >= 4 is 11.8 Å². The Kier molecular flexibility index (Phi) is 6.61. The Morgan fingerprint density at radius 1 is 1.12 bits per heavy atom. The van der Waals surface area contributed by atoms with Gasteiger partial charge in [0.2, 0.25) is 0 Å². The van der Waals surface area contributed by atoms with E-state index in [-0.39, 0.29) is 17.7 Å². The number of Topliss-reactive ketones (excluding diaryl/α,β-unsaturated/α-hetero) is 1. The number of benzene rings is 1. The fourth-order valence-corrected chi connectivity index (χ4v) is 2.97. The van der Waals surface area contributed by atoms with Gasteiger partial charge >= 0.3 is 5.97 Å². The Bertz CT molecular complexity index is 579. The summed E-state index contributed by atoms with van der Waals surface area (Å²) >= 11 is 0. The van der Waals surface area contributed by atoms with Crippen LogP contribution in [0.5, 0.6) is 11.5 Å². The maximum absolute atomic E-state index is 12.7. The molecule has 1 saturated heterocycles. The first-order valence-electron chi connectivity index (χ1n) is 8.23. The molecule has 6 heteroatoms. The predicted molar refractivity (Wildman–Crippen MR) is 89.7 cm³/mol. The van der Waals surface area contributed by atoms with Gasteiger partial charge in [-0.3, -0.25) is 14.5 Å². The second kappa shape index (κ2) is 8.68. The van der Waals surface area contributed by atoms with E-state index in [4.69, 9.17) is 14.2 Å². The summed E-state index contributed by atoms with van der Waals surface area (Å²) in [5.41, 5.74) is 0.636. The highest BCUT2D eigenvalue weighted by Gasteiger charge is 2.27. The van der Waals surface area contributed by atoms with Gasteiger partial charge in [-0.2, -0.15) is 0 Å². The van der Waals surface area contributed by atoms with Crippen LogP contribution in [0.4, 0.5) is 0 Å². The van der Waals surface area contributed by atoms with Gasteiger partial charge in [-0.15, -0.1) is 0 Å². The summed E-state index contributed by atoms with van der Waals surface area (Å²) in [5, 5.41) is 0. The molecule has 0 radical (unpaired) electrons. The number of likely N-dealkylation sites (tertiary alicyclic amines) is 1. The van der Waals surface area contributed by atoms with Crippen LogP contribution in [0, 0.1) is 5.92 Å². The first kappa shape index (κ1) is 18.3. The number of ether oxygens (including phenoxy) is 3. The lowest BCUT2D eigenvalue weighted by Gasteiger charge is -2.30. The zero-order chi connectivity index (χ0) is 17.5. The van der Waals surface area contributed by atoms with Gasteiger partial charge in [-0.1, -0.05) is 0 Å². The molecule has 6 nitrogen and oxygen atoms in total. The fraction of sp³-hybridized carbons (Fsp3) is 0.556. The van der Waals surface area contributed by atoms with Crippen molar-refractivity contribution in [3.63, 3.8) is 0 Å². The molecule has 0 atom stereocenters. The molecular weight excluding hydrogens is 310 g/mol. The first-order chi connectivity index (χ1) is 11.6. The molecule has 0 unspecified atom stereocenters. The van der Waals surface area contributed by atoms with E-state index < -0.39 is 0 Å². The molecule has 1 heterocycles. The number of ketones is 1. The molecule has 1 aromatic rings. The first-order valence-corrected chi connectivity index (χ1v) is 8.23. The highest BCUT2D eigenvalue weighted by molar-refractivity contribution is 5.98. The second-order valence-corrected chi connectivity index (χ2v) is 5.79. The third-order valence-electron chi connectivity index (χ3n) is 4.28. The summed E-state index contributed by atoms with van der Waals surface area (Å²) < 4.78 is 15.4. The van der Waals surface area contributed by atoms with E-state index in [0.29, 0.717) is 30.2 Å². The van der Waals surface area contributed by atoms with Gasteiger partial charge in [0.05, 0.1) is 27.4 Å². The van der Waals surface area contributed by atoms with Crippen molar-refractivity contribution in [1.29, 1.82) is 0 Å². The minimum atomic E-state index is -0.206. The molecule has 0 aliphatic carbocycles. The van der Waals surface area contributed by atoms with Crippen LogP contribution in [-0.2, 0) is 9.53 Å². The molecule has 0 bridgehead atoms. The molecule has 0 amide bonds. The van der Waals surface area contributed by atoms with Crippen molar-refractivity contribution < 1.29 is 23.8 Å². The summed E-state index contributed by atoms with van der Waals surface area (Å²) in [6, 6.07) is 5.25. The standard InChI is InChI=1S/C18H25NO5/c1-4-24-17(20)12-19-9-7-13(8-10-19)18(21)14-5-6-15(22-2)16(11-14)23-3/h5-6,11,13H,4,7-10,12H2,1-3H3. The normalized spacial score (nSPS) is 15.8. The lowest BCUT2D eigenvalue weighted by molar-refractivity contribution is -0.144. The average molecular weight is 335 g/mol. The fourth-order valence-electron chi connectivity index (χ4n) is 2.97. The summed E-state index contributed by atoms with van der Waals surface area (Å²) in [7, 11) is 3.12. The molecule has 24 heavy (non-hydrogen) atoms. The molecule has 1 aromatic carbocycles. The number of nitrogens with zero attached hydrogens (tertiary/aromatic N) is 1. The highest BCUT2D eigenvalue weighted by atomic mass is 16.5. The lowest BCUT2D eigenvalue weighted by Crippen LogP contribution is -2.39. The molecule has 0 saturated carbocycles. The number of carbonyl (C=O) groups excluding carboxylic acids is 2. The van der Waals surface area contributed by atoms with E-state index in [9.17, 15) is 9.59 Å². The number of esters is 1. The number of hydrogen-bond acceptors (Lipinski definition) is 6. The summed E-state index contributed by atoms with van der Waals surface area (Å²) in [5.74, 6) is 1.05. The van der Waals surface area contributed by atoms with E-state index in [1.54, 1.807) is 39.3 Å². The molecule has 0 N–H and O–H groups in total. The van der Waals surface area contributed by atoms with E-state index in [2.05, 4.69) is 0 Å². The third kappa shape index (κ3) is 4.47. The van der Waals surface area contributed by atoms with Crippen LogP contribution in [-0.4, -0.2) is 57.1 Å². The molecule has 132 valence electrons. The predicted octanol–water partition coefficient (Wildman–Crippen LogP) is 2.16. The molecule has 2 rings (SSSR count). The van der Waals surface area contributed by atoms with Crippen LogP contribution >= 0.6 is 0 Å². The van der Waals surface area contributed by atoms with Crippen molar-refractivity contribution in [1.82, 2.24) is 4.90 Å². The van der Waals surface area contributed by atoms with Gasteiger partial charge in [0.1, 0.15) is 0 Å². The molecule has 1 fully saturated rings. The van der Waals surface area contributed by atoms with Crippen molar-refractivity contribution in [3.05, 3.63) is 23.8 Å². The highest BCUT2D eigenvalue weighted by Crippen LogP contribution is 2.30. The largest absolute Gasteiger partial charge is 0.493 e. The number of piperidine rings is 1. The summed E-state index contributed by atoms with van der Waals surface area (Å²) in [6.07, 6.45) is 1.49. The van der Waals surface area contributed by atoms with Gasteiger partial charge < -0.3 is 14.2 Å². The minimum absolute atomic E-state index is 0.0263. The SMILES string of the molecule is CCOC(=O)CN1CCC(C(=O)c2ccc(OC)c(OC)c2)CC1. The molecule has 0 spiro atoms. The minimum Gasteiger partial charge on any atom is -0.493 e. The van der Waals surface area contributed by atoms with Crippen molar-refractivity contribution in [2.75, 3.05) is 40.5 Å². The molecule has 1 aliphatic rings. The third-order valence-corrected chi connectivity index (χ3v) is 4.28. The monoisotopic (exact) mass is 335 g/mol. The Morgan fingerprint density at radius 2 is 1.79 bits per heavy atom.